The molecule has 1 aliphatic heterocycles. The van der Waals surface area contributed by atoms with Gasteiger partial charge in [0.05, 0.1) is 11.2 Å². The number of ether oxygens (including phenoxy) is 1. The summed E-state index contributed by atoms with van der Waals surface area (Å²) in [6, 6.07) is 14.5. The summed E-state index contributed by atoms with van der Waals surface area (Å²) in [5, 5.41) is 0.392. The number of nitrogens with zero attached hydrogens (tertiary/aromatic N) is 2. The lowest BCUT2D eigenvalue weighted by molar-refractivity contribution is -0.140. The average Bonchev–Trinajstić information content (AvgIpc) is 3.46. The smallest absolute Gasteiger partial charge is 0.288 e. The summed E-state index contributed by atoms with van der Waals surface area (Å²) in [7, 11) is -4.33. The number of amides is 3. The Morgan fingerprint density at radius 3 is 2.26 bits per heavy atom. The predicted octanol–water partition coefficient (Wildman–Crippen LogP) is 2.01. The Morgan fingerprint density at radius 1 is 0.974 bits per heavy atom. The first-order chi connectivity index (χ1) is 18.2. The fraction of sp³-hybridized carbons (Fsp3) is 0.269. The normalized spacial score (nSPS) is 14.6. The highest BCUT2D eigenvalue weighted by Gasteiger charge is 2.40. The molecule has 0 saturated carbocycles. The maximum atomic E-state index is 13.7. The van der Waals surface area contributed by atoms with Gasteiger partial charge in [-0.15, -0.1) is 0 Å². The van der Waals surface area contributed by atoms with E-state index < -0.39 is 45.4 Å². The van der Waals surface area contributed by atoms with E-state index >= 15 is 0 Å². The van der Waals surface area contributed by atoms with Gasteiger partial charge in [0.15, 0.2) is 23.9 Å². The maximum Gasteiger partial charge on any atom is 0.288 e. The number of furan rings is 1. The van der Waals surface area contributed by atoms with E-state index in [-0.39, 0.29) is 42.6 Å². The van der Waals surface area contributed by atoms with E-state index in [9.17, 15) is 27.2 Å². The van der Waals surface area contributed by atoms with Gasteiger partial charge in [0.1, 0.15) is 0 Å². The minimum absolute atomic E-state index is 0.0286. The minimum atomic E-state index is -4.33. The van der Waals surface area contributed by atoms with Crippen LogP contribution in [0.4, 0.5) is 4.39 Å². The van der Waals surface area contributed by atoms with Crippen molar-refractivity contribution in [2.45, 2.75) is 17.2 Å². The second-order valence-electron chi connectivity index (χ2n) is 8.61. The molecule has 0 spiro atoms. The Balaban J connectivity index is 1.45. The van der Waals surface area contributed by atoms with Crippen LogP contribution in [0.25, 0.3) is 0 Å². The molecule has 0 radical (unpaired) electrons. The van der Waals surface area contributed by atoms with Crippen LogP contribution in [-0.4, -0.2) is 74.1 Å². The van der Waals surface area contributed by atoms with Crippen LogP contribution in [0.1, 0.15) is 16.1 Å². The Hall–Kier alpha value is -4.19. The summed E-state index contributed by atoms with van der Waals surface area (Å²) < 4.78 is 50.9. The molecule has 1 aromatic heterocycles. The molecular formula is C26H26FN3O7S. The van der Waals surface area contributed by atoms with Crippen molar-refractivity contribution >= 4 is 27.6 Å². The first-order valence-corrected chi connectivity index (χ1v) is 13.3. The van der Waals surface area contributed by atoms with Crippen LogP contribution in [-0.2, 0) is 19.4 Å². The third-order valence-electron chi connectivity index (χ3n) is 6.02. The van der Waals surface area contributed by atoms with E-state index in [1.54, 1.807) is 25.1 Å². The molecule has 1 aliphatic rings. The molecule has 38 heavy (non-hydrogen) atoms. The van der Waals surface area contributed by atoms with E-state index in [2.05, 4.69) is 5.32 Å². The van der Waals surface area contributed by atoms with Crippen molar-refractivity contribution in [3.63, 3.8) is 0 Å². The Bertz CT molecular complexity index is 1400. The van der Waals surface area contributed by atoms with E-state index in [4.69, 9.17) is 9.15 Å². The number of hydrogen-bond acceptors (Lipinski definition) is 7. The number of carbonyl (C=O) groups is 3. The zero-order valence-electron chi connectivity index (χ0n) is 20.5. The predicted molar refractivity (Wildman–Crippen MR) is 133 cm³/mol. The van der Waals surface area contributed by atoms with Crippen molar-refractivity contribution in [1.29, 1.82) is 0 Å². The van der Waals surface area contributed by atoms with Gasteiger partial charge in [0.25, 0.3) is 17.7 Å². The lowest BCUT2D eigenvalue weighted by Gasteiger charge is -2.36. The van der Waals surface area contributed by atoms with Crippen molar-refractivity contribution in [1.82, 2.24) is 15.1 Å². The number of nitrogens with one attached hydrogen (secondary N) is 1. The largest absolute Gasteiger partial charge is 0.481 e. The highest BCUT2D eigenvalue weighted by atomic mass is 32.2. The number of halogens is 1. The quantitative estimate of drug-likeness (QED) is 0.461. The van der Waals surface area contributed by atoms with Gasteiger partial charge in [-0.25, -0.2) is 12.8 Å². The molecule has 1 saturated heterocycles. The third-order valence-corrected chi connectivity index (χ3v) is 7.89. The standard InChI is InChI=1S/C26H26FN3O7S/c1-18-8-10-19(11-9-18)38(34,35)25(28-24(32)22-7-4-16-36-22)26(33)30-14-12-29(13-15-30)23(31)17-37-21-6-3-2-5-20(21)27/h2-11,16,25H,12-15,17H2,1H3,(H,28,32)/t25-/m0/s1. The van der Waals surface area contributed by atoms with Gasteiger partial charge in [-0.3, -0.25) is 14.4 Å². The zero-order chi connectivity index (χ0) is 27.3. The van der Waals surface area contributed by atoms with Crippen molar-refractivity contribution in [3.8, 4) is 5.75 Å². The molecule has 3 amide bonds. The first-order valence-electron chi connectivity index (χ1n) is 11.8. The lowest BCUT2D eigenvalue weighted by atomic mass is 10.2. The molecule has 3 aromatic rings. The monoisotopic (exact) mass is 543 g/mol. The Labute approximate surface area is 218 Å². The van der Waals surface area contributed by atoms with E-state index in [1.165, 1.54) is 58.5 Å². The maximum absolute atomic E-state index is 13.7. The van der Waals surface area contributed by atoms with Gasteiger partial charge in [-0.2, -0.15) is 0 Å². The number of para-hydroxylation sites is 1. The number of hydrogen-bond donors (Lipinski definition) is 1. The Kier molecular flexibility index (Phi) is 8.10. The van der Waals surface area contributed by atoms with Gasteiger partial charge in [0.2, 0.25) is 15.2 Å². The second kappa shape index (κ2) is 11.5. The number of piperazine rings is 1. The Morgan fingerprint density at radius 2 is 1.63 bits per heavy atom. The average molecular weight is 544 g/mol. The molecule has 2 heterocycles. The number of sulfone groups is 1. The fourth-order valence-electron chi connectivity index (χ4n) is 3.87. The molecule has 2 aromatic carbocycles. The van der Waals surface area contributed by atoms with Gasteiger partial charge in [-0.1, -0.05) is 29.8 Å². The summed E-state index contributed by atoms with van der Waals surface area (Å²) in [4.78, 5) is 41.2. The third kappa shape index (κ3) is 6.02. The van der Waals surface area contributed by atoms with Crippen LogP contribution < -0.4 is 10.1 Å². The first kappa shape index (κ1) is 26.9. The summed E-state index contributed by atoms with van der Waals surface area (Å²) in [5.74, 6) is -2.88. The summed E-state index contributed by atoms with van der Waals surface area (Å²) in [6.07, 6.45) is 1.26. The summed E-state index contributed by atoms with van der Waals surface area (Å²) in [6.45, 7) is 1.67. The number of rotatable bonds is 8. The SMILES string of the molecule is Cc1ccc(S(=O)(=O)[C@H](NC(=O)c2ccco2)C(=O)N2CCN(C(=O)COc3ccccc3F)CC2)cc1. The molecule has 0 unspecified atom stereocenters. The van der Waals surface area contributed by atoms with Crippen LogP contribution in [0.15, 0.2) is 76.2 Å². The van der Waals surface area contributed by atoms with Crippen molar-refractivity contribution in [2.24, 2.45) is 0 Å². The number of benzene rings is 2. The zero-order valence-corrected chi connectivity index (χ0v) is 21.3. The van der Waals surface area contributed by atoms with Crippen molar-refractivity contribution in [3.05, 3.63) is 84.1 Å². The van der Waals surface area contributed by atoms with E-state index in [1.807, 2.05) is 0 Å². The molecular weight excluding hydrogens is 517 g/mol. The summed E-state index contributed by atoms with van der Waals surface area (Å²) in [5.41, 5.74) is 0.825. The van der Waals surface area contributed by atoms with Gasteiger partial charge < -0.3 is 24.3 Å². The topological polar surface area (TPSA) is 126 Å². The molecule has 0 bridgehead atoms. The second-order valence-corrected chi connectivity index (χ2v) is 10.6. The summed E-state index contributed by atoms with van der Waals surface area (Å²) >= 11 is 0. The molecule has 1 fully saturated rings. The molecule has 12 heteroatoms. The van der Waals surface area contributed by atoms with Crippen LogP contribution in [0.3, 0.4) is 0 Å². The van der Waals surface area contributed by atoms with E-state index in [0.29, 0.717) is 0 Å². The molecule has 1 N–H and O–H groups in total. The molecule has 200 valence electrons. The highest BCUT2D eigenvalue weighted by Crippen LogP contribution is 2.20. The van der Waals surface area contributed by atoms with Crippen molar-refractivity contribution < 1.29 is 36.3 Å². The van der Waals surface area contributed by atoms with Gasteiger partial charge >= 0.3 is 0 Å². The van der Waals surface area contributed by atoms with Gasteiger partial charge in [0, 0.05) is 26.2 Å². The van der Waals surface area contributed by atoms with Gasteiger partial charge in [-0.05, 0) is 43.3 Å². The molecule has 1 atom stereocenters. The van der Waals surface area contributed by atoms with Crippen LogP contribution in [0, 0.1) is 12.7 Å². The van der Waals surface area contributed by atoms with Crippen molar-refractivity contribution in [2.75, 3.05) is 32.8 Å². The van der Waals surface area contributed by atoms with Crippen LogP contribution >= 0.6 is 0 Å². The molecule has 10 nitrogen and oxygen atoms in total. The fourth-order valence-corrected chi connectivity index (χ4v) is 5.33. The van der Waals surface area contributed by atoms with Crippen LogP contribution in [0.5, 0.6) is 5.75 Å². The molecule has 0 aliphatic carbocycles. The van der Waals surface area contributed by atoms with E-state index in [0.717, 1.165) is 5.56 Å². The number of carbonyl (C=O) groups excluding carboxylic acids is 3. The van der Waals surface area contributed by atoms with Crippen LogP contribution in [0.2, 0.25) is 0 Å². The number of aryl methyl sites for hydroxylation is 1. The molecule has 4 rings (SSSR count). The highest BCUT2D eigenvalue weighted by molar-refractivity contribution is 7.92. The lowest BCUT2D eigenvalue weighted by Crippen LogP contribution is -2.58. The minimum Gasteiger partial charge on any atom is -0.481 e.